The van der Waals surface area contributed by atoms with Gasteiger partial charge in [0.15, 0.2) is 0 Å². The Kier molecular flexibility index (Phi) is 3.45. The topological polar surface area (TPSA) is 78.4 Å². The zero-order valence-electron chi connectivity index (χ0n) is 12.1. The molecule has 1 saturated carbocycles. The number of rotatable bonds is 5. The van der Waals surface area contributed by atoms with Crippen LogP contribution in [0.15, 0.2) is 22.6 Å². The van der Waals surface area contributed by atoms with E-state index in [0.717, 1.165) is 11.2 Å². The summed E-state index contributed by atoms with van der Waals surface area (Å²) >= 11 is 0. The van der Waals surface area contributed by atoms with Crippen molar-refractivity contribution in [2.45, 2.75) is 19.8 Å². The van der Waals surface area contributed by atoms with Gasteiger partial charge in [-0.2, -0.15) is 0 Å². The van der Waals surface area contributed by atoms with Crippen LogP contribution in [0.25, 0.3) is 11.1 Å². The highest BCUT2D eigenvalue weighted by Gasteiger charge is 2.38. The highest BCUT2D eigenvalue weighted by molar-refractivity contribution is 5.81. The molecule has 2 unspecified atom stereocenters. The molecule has 1 aliphatic carbocycles. The van der Waals surface area contributed by atoms with Crippen molar-refractivity contribution in [1.82, 2.24) is 5.32 Å². The zero-order valence-corrected chi connectivity index (χ0v) is 12.1. The third-order valence-corrected chi connectivity index (χ3v) is 3.92. The Balaban J connectivity index is 1.66. The minimum atomic E-state index is 0.0673. The molecular formula is C15H18N2O4. The first-order chi connectivity index (χ1) is 10.1. The Morgan fingerprint density at radius 1 is 1.57 bits per heavy atom. The second kappa shape index (κ2) is 5.27. The van der Waals surface area contributed by atoms with E-state index in [0.29, 0.717) is 41.6 Å². The van der Waals surface area contributed by atoms with Gasteiger partial charge < -0.3 is 19.7 Å². The van der Waals surface area contributed by atoms with Crippen LogP contribution in [0.3, 0.4) is 0 Å². The minimum Gasteiger partial charge on any atom is -0.616 e. The van der Waals surface area contributed by atoms with Crippen molar-refractivity contribution in [3.63, 3.8) is 0 Å². The SMILES string of the molecule is COc1ccc2oc(CCNC(=O)C3CC3C)[n+]([O-])c2c1. The molecule has 1 aliphatic rings. The number of aromatic nitrogens is 1. The second-order valence-electron chi connectivity index (χ2n) is 5.48. The Labute approximate surface area is 122 Å². The van der Waals surface area contributed by atoms with E-state index in [1.54, 1.807) is 25.3 Å². The predicted molar refractivity (Wildman–Crippen MR) is 75.7 cm³/mol. The number of hydrogen-bond acceptors (Lipinski definition) is 4. The summed E-state index contributed by atoms with van der Waals surface area (Å²) in [6, 6.07) is 5.09. The zero-order chi connectivity index (χ0) is 15.0. The van der Waals surface area contributed by atoms with E-state index in [9.17, 15) is 10.0 Å². The lowest BCUT2D eigenvalue weighted by atomic mass is 10.3. The number of carbonyl (C=O) groups is 1. The summed E-state index contributed by atoms with van der Waals surface area (Å²) in [7, 11) is 1.55. The fourth-order valence-corrected chi connectivity index (χ4v) is 2.44. The Morgan fingerprint density at radius 2 is 2.33 bits per heavy atom. The minimum absolute atomic E-state index is 0.0673. The fraction of sp³-hybridized carbons (Fsp3) is 0.467. The molecule has 6 nitrogen and oxygen atoms in total. The summed E-state index contributed by atoms with van der Waals surface area (Å²) in [6.07, 6.45) is 1.32. The molecule has 0 bridgehead atoms. The molecule has 0 spiro atoms. The van der Waals surface area contributed by atoms with Crippen LogP contribution in [0.1, 0.15) is 19.2 Å². The third-order valence-electron chi connectivity index (χ3n) is 3.92. The van der Waals surface area contributed by atoms with Crippen LogP contribution in [0.4, 0.5) is 0 Å². The van der Waals surface area contributed by atoms with Crippen molar-refractivity contribution >= 4 is 17.0 Å². The lowest BCUT2D eigenvalue weighted by Gasteiger charge is -2.02. The first-order valence-electron chi connectivity index (χ1n) is 7.07. The third kappa shape index (κ3) is 2.66. The van der Waals surface area contributed by atoms with E-state index in [4.69, 9.17) is 9.15 Å². The van der Waals surface area contributed by atoms with Gasteiger partial charge in [-0.05, 0) is 24.5 Å². The molecule has 0 radical (unpaired) electrons. The molecular weight excluding hydrogens is 272 g/mol. The molecule has 2 aromatic rings. The maximum absolute atomic E-state index is 12.1. The molecule has 1 heterocycles. The van der Waals surface area contributed by atoms with Crippen molar-refractivity contribution < 1.29 is 18.7 Å². The number of ether oxygens (including phenoxy) is 1. The van der Waals surface area contributed by atoms with E-state index >= 15 is 0 Å². The van der Waals surface area contributed by atoms with Gasteiger partial charge in [-0.25, -0.2) is 0 Å². The number of amides is 1. The summed E-state index contributed by atoms with van der Waals surface area (Å²) in [5.41, 5.74) is 0.953. The summed E-state index contributed by atoms with van der Waals surface area (Å²) in [5.74, 6) is 1.59. The average Bonchev–Trinajstić information content (AvgIpc) is 3.14. The van der Waals surface area contributed by atoms with Crippen molar-refractivity contribution in [3.05, 3.63) is 29.3 Å². The van der Waals surface area contributed by atoms with Crippen molar-refractivity contribution in [2.24, 2.45) is 11.8 Å². The summed E-state index contributed by atoms with van der Waals surface area (Å²) in [5, 5.41) is 15.0. The number of methoxy groups -OCH3 is 1. The Hall–Kier alpha value is -2.24. The molecule has 2 atom stereocenters. The summed E-state index contributed by atoms with van der Waals surface area (Å²) in [4.78, 5) is 11.7. The lowest BCUT2D eigenvalue weighted by molar-refractivity contribution is -0.592. The molecule has 6 heteroatoms. The van der Waals surface area contributed by atoms with E-state index in [-0.39, 0.29) is 11.8 Å². The molecule has 1 amide bonds. The highest BCUT2D eigenvalue weighted by atomic mass is 16.5. The maximum atomic E-state index is 12.1. The smallest absolute Gasteiger partial charge is 0.361 e. The van der Waals surface area contributed by atoms with Crippen molar-refractivity contribution in [2.75, 3.05) is 13.7 Å². The molecule has 1 aromatic carbocycles. The molecule has 0 aliphatic heterocycles. The van der Waals surface area contributed by atoms with E-state index < -0.39 is 0 Å². The van der Waals surface area contributed by atoms with Gasteiger partial charge in [0.1, 0.15) is 5.75 Å². The monoisotopic (exact) mass is 290 g/mol. The summed E-state index contributed by atoms with van der Waals surface area (Å²) in [6.45, 7) is 2.46. The second-order valence-corrected chi connectivity index (χ2v) is 5.48. The number of nitrogens with zero attached hydrogens (tertiary/aromatic N) is 1. The van der Waals surface area contributed by atoms with Crippen LogP contribution in [0.2, 0.25) is 0 Å². The molecule has 3 rings (SSSR count). The van der Waals surface area contributed by atoms with Crippen LogP contribution in [-0.2, 0) is 11.2 Å². The Morgan fingerprint density at radius 3 is 3.00 bits per heavy atom. The molecule has 1 N–H and O–H groups in total. The molecule has 112 valence electrons. The van der Waals surface area contributed by atoms with Crippen LogP contribution in [0, 0.1) is 17.0 Å². The number of fused-ring (bicyclic) bond motifs is 1. The predicted octanol–water partition coefficient (Wildman–Crippen LogP) is 1.39. The molecule has 1 aromatic heterocycles. The fourth-order valence-electron chi connectivity index (χ4n) is 2.44. The average molecular weight is 290 g/mol. The van der Waals surface area contributed by atoms with Gasteiger partial charge in [0, 0.05) is 12.5 Å². The quantitative estimate of drug-likeness (QED) is 0.666. The van der Waals surface area contributed by atoms with Gasteiger partial charge in [0.25, 0.3) is 5.52 Å². The summed E-state index contributed by atoms with van der Waals surface area (Å²) < 4.78 is 11.4. The Bertz CT molecular complexity index is 680. The number of carbonyl (C=O) groups excluding carboxylic acids is 1. The molecule has 0 saturated heterocycles. The normalized spacial score (nSPS) is 20.5. The largest absolute Gasteiger partial charge is 0.616 e. The van der Waals surface area contributed by atoms with Gasteiger partial charge in [-0.15, -0.1) is 4.73 Å². The number of hydrogen-bond donors (Lipinski definition) is 1. The van der Waals surface area contributed by atoms with Crippen LogP contribution >= 0.6 is 0 Å². The number of oxazole rings is 1. The van der Waals surface area contributed by atoms with Gasteiger partial charge in [-0.1, -0.05) is 6.92 Å². The van der Waals surface area contributed by atoms with Crippen LogP contribution in [-0.4, -0.2) is 19.6 Å². The molecule has 21 heavy (non-hydrogen) atoms. The van der Waals surface area contributed by atoms with Gasteiger partial charge in [0.05, 0.1) is 19.6 Å². The van der Waals surface area contributed by atoms with Crippen molar-refractivity contribution in [1.29, 1.82) is 0 Å². The standard InChI is InChI=1S/C15H18N2O4/c1-9-7-11(9)15(18)16-6-5-14-17(19)12-8-10(20-2)3-4-13(12)21-14/h3-4,8-9,11H,5-7H2,1-2H3,(H,16,18). The highest BCUT2D eigenvalue weighted by Crippen LogP contribution is 2.37. The van der Waals surface area contributed by atoms with Crippen LogP contribution < -0.4 is 14.8 Å². The number of nitrogens with one attached hydrogen (secondary N) is 1. The van der Waals surface area contributed by atoms with E-state index in [1.807, 2.05) is 0 Å². The van der Waals surface area contributed by atoms with Gasteiger partial charge in [-0.3, -0.25) is 4.79 Å². The molecule has 1 fully saturated rings. The van der Waals surface area contributed by atoms with Crippen LogP contribution in [0.5, 0.6) is 5.75 Å². The first-order valence-corrected chi connectivity index (χ1v) is 7.07. The maximum Gasteiger partial charge on any atom is 0.361 e. The first kappa shape index (κ1) is 13.7. The van der Waals surface area contributed by atoms with E-state index in [2.05, 4.69) is 12.2 Å². The number of benzene rings is 1. The van der Waals surface area contributed by atoms with Gasteiger partial charge >= 0.3 is 5.89 Å². The van der Waals surface area contributed by atoms with Gasteiger partial charge in [0.2, 0.25) is 11.5 Å². The lowest BCUT2D eigenvalue weighted by Crippen LogP contribution is -2.33. The van der Waals surface area contributed by atoms with E-state index in [1.165, 1.54) is 0 Å². The van der Waals surface area contributed by atoms with Crippen molar-refractivity contribution in [3.8, 4) is 5.75 Å².